The zero-order chi connectivity index (χ0) is 15.2. The molecule has 0 radical (unpaired) electrons. The van der Waals surface area contributed by atoms with Crippen molar-refractivity contribution >= 4 is 17.4 Å². The van der Waals surface area contributed by atoms with Gasteiger partial charge in [-0.15, -0.1) is 0 Å². The molecule has 0 aliphatic carbocycles. The number of benzene rings is 2. The van der Waals surface area contributed by atoms with E-state index in [0.29, 0.717) is 22.1 Å². The number of nitriles is 1. The Balaban J connectivity index is 2.11. The summed E-state index contributed by atoms with van der Waals surface area (Å²) < 4.78 is 10.5. The maximum absolute atomic E-state index is 12.1. The molecule has 0 aromatic heterocycles. The summed E-state index contributed by atoms with van der Waals surface area (Å²) in [5, 5.41) is 9.33. The Labute approximate surface area is 127 Å². The molecular formula is C16H12ClNO3. The van der Waals surface area contributed by atoms with Crippen LogP contribution in [0, 0.1) is 11.3 Å². The Morgan fingerprint density at radius 1 is 1.29 bits per heavy atom. The Morgan fingerprint density at radius 2 is 2.05 bits per heavy atom. The van der Waals surface area contributed by atoms with Crippen molar-refractivity contribution in [2.24, 2.45) is 0 Å². The predicted octanol–water partition coefficient (Wildman–Crippen LogP) is 3.48. The number of rotatable bonds is 5. The molecule has 0 saturated heterocycles. The highest BCUT2D eigenvalue weighted by Gasteiger charge is 2.11. The molecule has 4 nitrogen and oxygen atoms in total. The Hall–Kier alpha value is -2.51. The van der Waals surface area contributed by atoms with Crippen LogP contribution in [0.15, 0.2) is 42.5 Å². The molecule has 0 atom stereocenters. The lowest BCUT2D eigenvalue weighted by molar-refractivity contribution is 0.0921. The average Bonchev–Trinajstić information content (AvgIpc) is 2.52. The highest BCUT2D eigenvalue weighted by molar-refractivity contribution is 6.31. The molecule has 5 heteroatoms. The van der Waals surface area contributed by atoms with Gasteiger partial charge in [-0.2, -0.15) is 5.26 Å². The SMILES string of the molecule is COc1cccc(C(=O)COc2cccc(Cl)c2C#N)c1. The molecule has 0 spiro atoms. The molecule has 0 aliphatic rings. The molecule has 0 bridgehead atoms. The van der Waals surface area contributed by atoms with Gasteiger partial charge in [0.1, 0.15) is 23.1 Å². The number of ketones is 1. The van der Waals surface area contributed by atoms with E-state index in [1.54, 1.807) is 42.5 Å². The van der Waals surface area contributed by atoms with Crippen molar-refractivity contribution in [1.29, 1.82) is 5.26 Å². The third kappa shape index (κ3) is 3.53. The van der Waals surface area contributed by atoms with Crippen LogP contribution in [0.4, 0.5) is 0 Å². The number of Topliss-reactive ketones (excluding diaryl/α,β-unsaturated/α-hetero) is 1. The molecular weight excluding hydrogens is 290 g/mol. The smallest absolute Gasteiger partial charge is 0.200 e. The first-order valence-corrected chi connectivity index (χ1v) is 6.52. The highest BCUT2D eigenvalue weighted by Crippen LogP contribution is 2.25. The van der Waals surface area contributed by atoms with Crippen LogP contribution in [0.1, 0.15) is 15.9 Å². The van der Waals surface area contributed by atoms with Crippen molar-refractivity contribution in [2.75, 3.05) is 13.7 Å². The second-order valence-electron chi connectivity index (χ2n) is 4.17. The summed E-state index contributed by atoms with van der Waals surface area (Å²) in [4.78, 5) is 12.1. The van der Waals surface area contributed by atoms with E-state index in [0.717, 1.165) is 0 Å². The molecule has 21 heavy (non-hydrogen) atoms. The van der Waals surface area contributed by atoms with Crippen LogP contribution in [-0.2, 0) is 0 Å². The molecule has 0 amide bonds. The van der Waals surface area contributed by atoms with Crippen molar-refractivity contribution in [3.8, 4) is 17.6 Å². The van der Waals surface area contributed by atoms with Crippen LogP contribution in [0.3, 0.4) is 0 Å². The lowest BCUT2D eigenvalue weighted by atomic mass is 10.1. The van der Waals surface area contributed by atoms with Crippen molar-refractivity contribution in [2.45, 2.75) is 0 Å². The van der Waals surface area contributed by atoms with Crippen molar-refractivity contribution < 1.29 is 14.3 Å². The highest BCUT2D eigenvalue weighted by atomic mass is 35.5. The van der Waals surface area contributed by atoms with Crippen LogP contribution >= 0.6 is 11.6 Å². The summed E-state index contributed by atoms with van der Waals surface area (Å²) in [6, 6.07) is 13.6. The number of halogens is 1. The van der Waals surface area contributed by atoms with Crippen LogP contribution in [0.5, 0.6) is 11.5 Å². The molecule has 2 aromatic carbocycles. The molecule has 0 fully saturated rings. The van der Waals surface area contributed by atoms with Gasteiger partial charge in [-0.3, -0.25) is 4.79 Å². The monoisotopic (exact) mass is 301 g/mol. The Morgan fingerprint density at radius 3 is 2.76 bits per heavy atom. The number of carbonyl (C=O) groups is 1. The summed E-state index contributed by atoms with van der Waals surface area (Å²) >= 11 is 5.90. The fraction of sp³-hybridized carbons (Fsp3) is 0.125. The van der Waals surface area contributed by atoms with Crippen LogP contribution < -0.4 is 9.47 Å². The van der Waals surface area contributed by atoms with Gasteiger partial charge < -0.3 is 9.47 Å². The van der Waals surface area contributed by atoms with E-state index in [9.17, 15) is 4.79 Å². The van der Waals surface area contributed by atoms with Crippen molar-refractivity contribution in [3.63, 3.8) is 0 Å². The van der Waals surface area contributed by atoms with Crippen LogP contribution in [0.25, 0.3) is 0 Å². The minimum atomic E-state index is -0.210. The fourth-order valence-electron chi connectivity index (χ4n) is 1.76. The number of hydrogen-bond donors (Lipinski definition) is 0. The lowest BCUT2D eigenvalue weighted by Crippen LogP contribution is -2.12. The van der Waals surface area contributed by atoms with Crippen molar-refractivity contribution in [3.05, 3.63) is 58.6 Å². The maximum atomic E-state index is 12.1. The topological polar surface area (TPSA) is 59.3 Å². The number of methoxy groups -OCH3 is 1. The summed E-state index contributed by atoms with van der Waals surface area (Å²) in [5.74, 6) is 0.681. The zero-order valence-electron chi connectivity index (χ0n) is 11.3. The molecule has 2 aromatic rings. The third-order valence-electron chi connectivity index (χ3n) is 2.84. The molecule has 0 N–H and O–H groups in total. The Kier molecular flexibility index (Phi) is 4.81. The number of carbonyl (C=O) groups excluding carboxylic acids is 1. The van der Waals surface area contributed by atoms with E-state index >= 15 is 0 Å². The molecule has 106 valence electrons. The maximum Gasteiger partial charge on any atom is 0.200 e. The molecule has 0 saturated carbocycles. The largest absolute Gasteiger partial charge is 0.497 e. The van der Waals surface area contributed by atoms with Gasteiger partial charge in [0.15, 0.2) is 12.4 Å². The standard InChI is InChI=1S/C16H12ClNO3/c1-20-12-5-2-4-11(8-12)15(19)10-21-16-7-3-6-14(17)13(16)9-18/h2-8H,10H2,1H3. The van der Waals surface area contributed by atoms with E-state index in [1.807, 2.05) is 6.07 Å². The summed E-state index contributed by atoms with van der Waals surface area (Å²) in [5.41, 5.74) is 0.701. The van der Waals surface area contributed by atoms with Gasteiger partial charge in [-0.1, -0.05) is 29.8 Å². The van der Waals surface area contributed by atoms with Crippen LogP contribution in [-0.4, -0.2) is 19.5 Å². The van der Waals surface area contributed by atoms with Crippen molar-refractivity contribution in [1.82, 2.24) is 0 Å². The fourth-order valence-corrected chi connectivity index (χ4v) is 1.96. The molecule has 2 rings (SSSR count). The molecule has 0 aliphatic heterocycles. The van der Waals surface area contributed by atoms with Gasteiger partial charge in [0, 0.05) is 5.56 Å². The average molecular weight is 302 g/mol. The number of nitrogens with zero attached hydrogens (tertiary/aromatic N) is 1. The minimum Gasteiger partial charge on any atom is -0.497 e. The van der Waals surface area contributed by atoms with Gasteiger partial charge in [0.05, 0.1) is 12.1 Å². The normalized spacial score (nSPS) is 9.76. The second kappa shape index (κ2) is 6.78. The first-order valence-electron chi connectivity index (χ1n) is 6.14. The molecule has 0 unspecified atom stereocenters. The van der Waals surface area contributed by atoms with E-state index in [-0.39, 0.29) is 18.0 Å². The zero-order valence-corrected chi connectivity index (χ0v) is 12.1. The summed E-state index contributed by atoms with van der Waals surface area (Å²) in [6.07, 6.45) is 0. The van der Waals surface area contributed by atoms with Gasteiger partial charge in [-0.25, -0.2) is 0 Å². The second-order valence-corrected chi connectivity index (χ2v) is 4.58. The third-order valence-corrected chi connectivity index (χ3v) is 3.15. The van der Waals surface area contributed by atoms with Gasteiger partial charge in [-0.05, 0) is 24.3 Å². The quantitative estimate of drug-likeness (QED) is 0.793. The summed E-state index contributed by atoms with van der Waals surface area (Å²) in [6.45, 7) is -0.178. The lowest BCUT2D eigenvalue weighted by Gasteiger charge is -2.08. The first kappa shape index (κ1) is 14.9. The Bertz CT molecular complexity index is 707. The van der Waals surface area contributed by atoms with Gasteiger partial charge in [0.25, 0.3) is 0 Å². The van der Waals surface area contributed by atoms with E-state index in [2.05, 4.69) is 0 Å². The summed E-state index contributed by atoms with van der Waals surface area (Å²) in [7, 11) is 1.53. The first-order chi connectivity index (χ1) is 10.2. The predicted molar refractivity (Wildman–Crippen MR) is 79.0 cm³/mol. The van der Waals surface area contributed by atoms with E-state index < -0.39 is 0 Å². The van der Waals surface area contributed by atoms with Gasteiger partial charge >= 0.3 is 0 Å². The molecule has 0 heterocycles. The number of hydrogen-bond acceptors (Lipinski definition) is 4. The van der Waals surface area contributed by atoms with Gasteiger partial charge in [0.2, 0.25) is 0 Å². The number of ether oxygens (including phenoxy) is 2. The van der Waals surface area contributed by atoms with Crippen LogP contribution in [0.2, 0.25) is 5.02 Å². The minimum absolute atomic E-state index is 0.178. The van der Waals surface area contributed by atoms with E-state index in [1.165, 1.54) is 7.11 Å². The van der Waals surface area contributed by atoms with E-state index in [4.69, 9.17) is 26.3 Å².